The molecule has 1 heterocycles. The summed E-state index contributed by atoms with van der Waals surface area (Å²) in [4.78, 5) is 10.7. The maximum absolute atomic E-state index is 10.7. The number of methoxy groups -OCH3 is 1. The fraction of sp³-hybridized carbons (Fsp3) is 0.400. The van der Waals surface area contributed by atoms with Crippen LogP contribution in [0.2, 0.25) is 0 Å². The normalized spacial score (nSPS) is 11.0. The Bertz CT molecular complexity index is 533. The molecule has 0 radical (unpaired) electrons. The number of aromatic nitrogens is 1. The van der Waals surface area contributed by atoms with E-state index in [1.165, 1.54) is 0 Å². The van der Waals surface area contributed by atoms with Gasteiger partial charge in [-0.25, -0.2) is 0 Å². The molecule has 0 unspecified atom stereocenters. The molecule has 1 aromatic carbocycles. The van der Waals surface area contributed by atoms with Crippen LogP contribution in [0, 0.1) is 0 Å². The van der Waals surface area contributed by atoms with Crippen LogP contribution >= 0.6 is 0 Å². The summed E-state index contributed by atoms with van der Waals surface area (Å²) in [6.45, 7) is 2.93. The van der Waals surface area contributed by atoms with Crippen molar-refractivity contribution in [2.45, 2.75) is 13.0 Å². The van der Waals surface area contributed by atoms with Gasteiger partial charge in [0.25, 0.3) is 0 Å². The third-order valence-corrected chi connectivity index (χ3v) is 3.05. The van der Waals surface area contributed by atoms with E-state index < -0.39 is 0 Å². The van der Waals surface area contributed by atoms with Gasteiger partial charge in [0.1, 0.15) is 6.29 Å². The Morgan fingerprint density at radius 3 is 2.89 bits per heavy atom. The molecule has 0 bridgehead atoms. The number of benzene rings is 1. The maximum atomic E-state index is 10.7. The first-order valence-corrected chi connectivity index (χ1v) is 6.46. The summed E-state index contributed by atoms with van der Waals surface area (Å²) in [5.74, 6) is 0. The molecule has 2 rings (SSSR count). The van der Waals surface area contributed by atoms with Crippen molar-refractivity contribution in [2.24, 2.45) is 0 Å². The molecule has 4 nitrogen and oxygen atoms in total. The van der Waals surface area contributed by atoms with Crippen molar-refractivity contribution in [3.05, 3.63) is 36.0 Å². The molecule has 0 amide bonds. The fourth-order valence-electron chi connectivity index (χ4n) is 2.07. The van der Waals surface area contributed by atoms with Crippen molar-refractivity contribution in [3.8, 4) is 0 Å². The number of nitrogens with zero attached hydrogens (tertiary/aromatic N) is 1. The van der Waals surface area contributed by atoms with E-state index in [9.17, 15) is 4.79 Å². The Morgan fingerprint density at radius 1 is 1.21 bits per heavy atom. The van der Waals surface area contributed by atoms with E-state index in [2.05, 4.69) is 10.8 Å². The monoisotopic (exact) mass is 261 g/mol. The van der Waals surface area contributed by atoms with Crippen molar-refractivity contribution < 1.29 is 14.3 Å². The lowest BCUT2D eigenvalue weighted by Gasteiger charge is -2.06. The fourth-order valence-corrected chi connectivity index (χ4v) is 2.07. The summed E-state index contributed by atoms with van der Waals surface area (Å²) < 4.78 is 12.5. The summed E-state index contributed by atoms with van der Waals surface area (Å²) in [6.07, 6.45) is 3.89. The molecule has 0 aliphatic carbocycles. The van der Waals surface area contributed by atoms with E-state index in [1.54, 1.807) is 7.11 Å². The average molecular weight is 261 g/mol. The third-order valence-electron chi connectivity index (χ3n) is 3.05. The molecule has 0 N–H and O–H groups in total. The van der Waals surface area contributed by atoms with Crippen LogP contribution in [0.3, 0.4) is 0 Å². The highest BCUT2D eigenvalue weighted by molar-refractivity contribution is 5.87. The molecule has 0 aliphatic rings. The predicted octanol–water partition coefficient (Wildman–Crippen LogP) is 2.51. The third kappa shape index (κ3) is 3.66. The molecule has 0 spiro atoms. The predicted molar refractivity (Wildman–Crippen MR) is 74.6 cm³/mol. The van der Waals surface area contributed by atoms with Crippen molar-refractivity contribution in [3.63, 3.8) is 0 Å². The van der Waals surface area contributed by atoms with E-state index in [0.29, 0.717) is 18.8 Å². The van der Waals surface area contributed by atoms with Crippen molar-refractivity contribution in [2.75, 3.05) is 26.9 Å². The minimum Gasteiger partial charge on any atom is -0.382 e. The minimum atomic E-state index is 0.640. The van der Waals surface area contributed by atoms with Crippen LogP contribution in [0.25, 0.3) is 10.9 Å². The second kappa shape index (κ2) is 7.07. The van der Waals surface area contributed by atoms with Crippen LogP contribution in [0.5, 0.6) is 0 Å². The molecular weight excluding hydrogens is 242 g/mol. The Kier molecular flexibility index (Phi) is 5.12. The van der Waals surface area contributed by atoms with Gasteiger partial charge in [-0.2, -0.15) is 0 Å². The average Bonchev–Trinajstić information content (AvgIpc) is 2.85. The first-order valence-electron chi connectivity index (χ1n) is 6.46. The lowest BCUT2D eigenvalue weighted by Crippen LogP contribution is -2.05. The van der Waals surface area contributed by atoms with E-state index in [0.717, 1.165) is 36.8 Å². The van der Waals surface area contributed by atoms with Crippen LogP contribution in [-0.2, 0) is 16.0 Å². The van der Waals surface area contributed by atoms with E-state index in [-0.39, 0.29) is 0 Å². The highest BCUT2D eigenvalue weighted by atomic mass is 16.5. The van der Waals surface area contributed by atoms with E-state index >= 15 is 0 Å². The zero-order valence-electron chi connectivity index (χ0n) is 11.2. The van der Waals surface area contributed by atoms with Crippen molar-refractivity contribution in [1.82, 2.24) is 4.57 Å². The number of carbonyl (C=O) groups is 1. The van der Waals surface area contributed by atoms with Crippen LogP contribution in [0.15, 0.2) is 30.5 Å². The minimum absolute atomic E-state index is 0.640. The van der Waals surface area contributed by atoms with Gasteiger partial charge in [-0.3, -0.25) is 4.79 Å². The molecule has 0 saturated carbocycles. The number of aryl methyl sites for hydroxylation is 1. The molecule has 0 atom stereocenters. The molecule has 0 aliphatic heterocycles. The molecule has 0 fully saturated rings. The Labute approximate surface area is 112 Å². The second-order valence-electron chi connectivity index (χ2n) is 4.40. The van der Waals surface area contributed by atoms with Gasteiger partial charge in [0.05, 0.1) is 13.2 Å². The molecule has 0 saturated heterocycles. The van der Waals surface area contributed by atoms with Gasteiger partial charge in [0.15, 0.2) is 0 Å². The maximum Gasteiger partial charge on any atom is 0.150 e. The smallest absolute Gasteiger partial charge is 0.150 e. The van der Waals surface area contributed by atoms with Gasteiger partial charge in [0.2, 0.25) is 0 Å². The Balaban J connectivity index is 1.89. The summed E-state index contributed by atoms with van der Waals surface area (Å²) in [5, 5.41) is 1.10. The summed E-state index contributed by atoms with van der Waals surface area (Å²) in [6, 6.07) is 7.79. The van der Waals surface area contributed by atoms with Crippen LogP contribution in [0.4, 0.5) is 0 Å². The van der Waals surface area contributed by atoms with E-state index in [1.807, 2.05) is 24.3 Å². The molecule has 19 heavy (non-hydrogen) atoms. The van der Waals surface area contributed by atoms with Gasteiger partial charge < -0.3 is 14.0 Å². The standard InChI is InChI=1S/C15H19NO3/c1-18-9-10-19-8-2-6-16-7-5-14-11-13(12-17)3-4-15(14)16/h3-5,7,11-12H,2,6,8-10H2,1H3. The summed E-state index contributed by atoms with van der Waals surface area (Å²) in [7, 11) is 1.67. The van der Waals surface area contributed by atoms with Crippen molar-refractivity contribution in [1.29, 1.82) is 0 Å². The Hall–Kier alpha value is -1.65. The first-order chi connectivity index (χ1) is 9.35. The quantitative estimate of drug-likeness (QED) is 0.541. The van der Waals surface area contributed by atoms with E-state index in [4.69, 9.17) is 9.47 Å². The SMILES string of the molecule is COCCOCCCn1ccc2cc(C=O)ccc21. The van der Waals surface area contributed by atoms with Gasteiger partial charge in [-0.05, 0) is 30.7 Å². The van der Waals surface area contributed by atoms with Crippen molar-refractivity contribution >= 4 is 17.2 Å². The van der Waals surface area contributed by atoms with Gasteiger partial charge in [0, 0.05) is 42.9 Å². The first kappa shape index (κ1) is 13.8. The Morgan fingerprint density at radius 2 is 2.11 bits per heavy atom. The molecular formula is C15H19NO3. The number of aldehydes is 1. The lowest BCUT2D eigenvalue weighted by atomic mass is 10.2. The topological polar surface area (TPSA) is 40.5 Å². The number of carbonyl (C=O) groups excluding carboxylic acids is 1. The molecule has 2 aromatic rings. The highest BCUT2D eigenvalue weighted by Crippen LogP contribution is 2.17. The zero-order valence-corrected chi connectivity index (χ0v) is 11.2. The van der Waals surface area contributed by atoms with Gasteiger partial charge in [-0.15, -0.1) is 0 Å². The van der Waals surface area contributed by atoms with Gasteiger partial charge in [-0.1, -0.05) is 0 Å². The highest BCUT2D eigenvalue weighted by Gasteiger charge is 2.01. The van der Waals surface area contributed by atoms with Crippen LogP contribution in [-0.4, -0.2) is 37.8 Å². The number of fused-ring (bicyclic) bond motifs is 1. The molecule has 1 aromatic heterocycles. The molecule has 4 heteroatoms. The molecule has 102 valence electrons. The lowest BCUT2D eigenvalue weighted by molar-refractivity contribution is 0.0681. The number of ether oxygens (including phenoxy) is 2. The number of hydrogen-bond acceptors (Lipinski definition) is 3. The summed E-state index contributed by atoms with van der Waals surface area (Å²) in [5.41, 5.74) is 1.87. The zero-order chi connectivity index (χ0) is 13.5. The second-order valence-corrected chi connectivity index (χ2v) is 4.40. The largest absolute Gasteiger partial charge is 0.382 e. The van der Waals surface area contributed by atoms with Gasteiger partial charge >= 0.3 is 0 Å². The number of hydrogen-bond donors (Lipinski definition) is 0. The van der Waals surface area contributed by atoms with Crippen LogP contribution < -0.4 is 0 Å². The van der Waals surface area contributed by atoms with Crippen LogP contribution in [0.1, 0.15) is 16.8 Å². The summed E-state index contributed by atoms with van der Waals surface area (Å²) >= 11 is 0. The number of rotatable bonds is 8.